The number of likely N-dealkylation sites (tertiary alicyclic amines) is 1. The molecular weight excluding hydrogens is 250 g/mol. The van der Waals surface area contributed by atoms with Crippen LogP contribution in [0.4, 0.5) is 0 Å². The number of carbonyl (C=O) groups is 1. The molecule has 0 spiro atoms. The van der Waals surface area contributed by atoms with E-state index in [0.717, 1.165) is 42.8 Å². The molecule has 0 unspecified atom stereocenters. The average molecular weight is 275 g/mol. The van der Waals surface area contributed by atoms with Crippen LogP contribution in [0.1, 0.15) is 50.7 Å². The fraction of sp³-hybridized carbons (Fsp3) is 0.588. The van der Waals surface area contributed by atoms with Gasteiger partial charge < -0.3 is 9.64 Å². The number of ether oxygens (including phenoxy) is 1. The van der Waals surface area contributed by atoms with E-state index in [1.165, 1.54) is 0 Å². The normalized spacial score (nSPS) is 16.6. The predicted molar refractivity (Wildman–Crippen MR) is 81.2 cm³/mol. The summed E-state index contributed by atoms with van der Waals surface area (Å²) in [6.45, 7) is 9.93. The Hall–Kier alpha value is -1.51. The standard InChI is InChI=1S/C17H25NO2/c1-12(2)15-8-7-13(3)11-16(15)20-14(4)17(19)18-9-5-6-10-18/h7-8,11-12,14H,5-6,9-10H2,1-4H3/t14-/m0/s1. The molecule has 1 aromatic rings. The van der Waals surface area contributed by atoms with Crippen LogP contribution >= 0.6 is 0 Å². The molecular formula is C17H25NO2. The Morgan fingerprint density at radius 3 is 2.45 bits per heavy atom. The third kappa shape index (κ3) is 3.33. The smallest absolute Gasteiger partial charge is 0.263 e. The van der Waals surface area contributed by atoms with Crippen molar-refractivity contribution in [3.63, 3.8) is 0 Å². The van der Waals surface area contributed by atoms with Crippen LogP contribution < -0.4 is 4.74 Å². The van der Waals surface area contributed by atoms with Gasteiger partial charge in [-0.3, -0.25) is 4.79 Å². The van der Waals surface area contributed by atoms with Gasteiger partial charge in [-0.25, -0.2) is 0 Å². The number of hydrogen-bond donors (Lipinski definition) is 0. The molecule has 1 aromatic carbocycles. The third-order valence-electron chi connectivity index (χ3n) is 3.86. The summed E-state index contributed by atoms with van der Waals surface area (Å²) in [6.07, 6.45) is 1.81. The quantitative estimate of drug-likeness (QED) is 0.841. The molecule has 3 heteroatoms. The van der Waals surface area contributed by atoms with Crippen molar-refractivity contribution < 1.29 is 9.53 Å². The van der Waals surface area contributed by atoms with Gasteiger partial charge >= 0.3 is 0 Å². The predicted octanol–water partition coefficient (Wildman–Crippen LogP) is 3.51. The van der Waals surface area contributed by atoms with E-state index in [1.807, 2.05) is 24.8 Å². The van der Waals surface area contributed by atoms with Gasteiger partial charge in [-0.1, -0.05) is 26.0 Å². The minimum absolute atomic E-state index is 0.110. The SMILES string of the molecule is Cc1ccc(C(C)C)c(O[C@@H](C)C(=O)N2CCCC2)c1. The number of hydrogen-bond acceptors (Lipinski definition) is 2. The first kappa shape index (κ1) is 14.9. The molecule has 0 saturated carbocycles. The summed E-state index contributed by atoms with van der Waals surface area (Å²) in [6, 6.07) is 6.22. The minimum atomic E-state index is -0.410. The summed E-state index contributed by atoms with van der Waals surface area (Å²) in [5.41, 5.74) is 2.32. The molecule has 0 N–H and O–H groups in total. The van der Waals surface area contributed by atoms with Gasteiger partial charge in [0.15, 0.2) is 6.10 Å². The van der Waals surface area contributed by atoms with Crippen LogP contribution in [-0.2, 0) is 4.79 Å². The maximum absolute atomic E-state index is 12.3. The van der Waals surface area contributed by atoms with Crippen molar-refractivity contribution in [2.75, 3.05) is 13.1 Å². The molecule has 3 nitrogen and oxygen atoms in total. The fourth-order valence-electron chi connectivity index (χ4n) is 2.66. The first-order valence-corrected chi connectivity index (χ1v) is 7.55. The van der Waals surface area contributed by atoms with Gasteiger partial charge in [0.05, 0.1) is 0 Å². The number of nitrogens with zero attached hydrogens (tertiary/aromatic N) is 1. The van der Waals surface area contributed by atoms with Gasteiger partial charge in [-0.15, -0.1) is 0 Å². The van der Waals surface area contributed by atoms with Crippen LogP contribution in [-0.4, -0.2) is 30.0 Å². The van der Waals surface area contributed by atoms with Gasteiger partial charge in [-0.2, -0.15) is 0 Å². The molecule has 1 aliphatic rings. The van der Waals surface area contributed by atoms with E-state index >= 15 is 0 Å². The van der Waals surface area contributed by atoms with Crippen molar-refractivity contribution in [2.45, 2.75) is 52.6 Å². The summed E-state index contributed by atoms with van der Waals surface area (Å²) >= 11 is 0. The first-order chi connectivity index (χ1) is 9.49. The van der Waals surface area contributed by atoms with Crippen LogP contribution in [0.3, 0.4) is 0 Å². The molecule has 1 saturated heterocycles. The summed E-state index contributed by atoms with van der Waals surface area (Å²) < 4.78 is 5.97. The molecule has 1 aliphatic heterocycles. The molecule has 1 amide bonds. The van der Waals surface area contributed by atoms with Crippen LogP contribution in [0, 0.1) is 6.92 Å². The summed E-state index contributed by atoms with van der Waals surface area (Å²) in [5, 5.41) is 0. The molecule has 2 rings (SSSR count). The van der Waals surface area contributed by atoms with E-state index in [0.29, 0.717) is 5.92 Å². The fourth-order valence-corrected chi connectivity index (χ4v) is 2.66. The van der Waals surface area contributed by atoms with Gasteiger partial charge in [0, 0.05) is 13.1 Å². The highest BCUT2D eigenvalue weighted by atomic mass is 16.5. The Labute approximate surface area is 121 Å². The van der Waals surface area contributed by atoms with Crippen molar-refractivity contribution in [3.8, 4) is 5.75 Å². The second kappa shape index (κ2) is 6.29. The maximum Gasteiger partial charge on any atom is 0.263 e. The van der Waals surface area contributed by atoms with Crippen molar-refractivity contribution >= 4 is 5.91 Å². The summed E-state index contributed by atoms with van der Waals surface area (Å²) in [5.74, 6) is 1.35. The van der Waals surface area contributed by atoms with E-state index in [4.69, 9.17) is 4.74 Å². The van der Waals surface area contributed by atoms with Crippen molar-refractivity contribution in [1.82, 2.24) is 4.90 Å². The summed E-state index contributed by atoms with van der Waals surface area (Å²) in [4.78, 5) is 14.2. The zero-order chi connectivity index (χ0) is 14.7. The van der Waals surface area contributed by atoms with Crippen LogP contribution in [0.15, 0.2) is 18.2 Å². The molecule has 0 bridgehead atoms. The van der Waals surface area contributed by atoms with Crippen LogP contribution in [0.2, 0.25) is 0 Å². The lowest BCUT2D eigenvalue weighted by Crippen LogP contribution is -2.38. The second-order valence-electron chi connectivity index (χ2n) is 5.99. The lowest BCUT2D eigenvalue weighted by atomic mass is 10.0. The van der Waals surface area contributed by atoms with Crippen molar-refractivity contribution in [1.29, 1.82) is 0 Å². The number of aryl methyl sites for hydroxylation is 1. The van der Waals surface area contributed by atoms with Crippen molar-refractivity contribution in [3.05, 3.63) is 29.3 Å². The zero-order valence-electron chi connectivity index (χ0n) is 13.0. The Morgan fingerprint density at radius 2 is 1.85 bits per heavy atom. The topological polar surface area (TPSA) is 29.5 Å². The molecule has 0 aromatic heterocycles. The molecule has 0 radical (unpaired) electrons. The Balaban J connectivity index is 2.12. The van der Waals surface area contributed by atoms with Gasteiger partial charge in [0.25, 0.3) is 5.91 Å². The van der Waals surface area contributed by atoms with E-state index in [2.05, 4.69) is 26.0 Å². The molecule has 1 atom stereocenters. The largest absolute Gasteiger partial charge is 0.481 e. The van der Waals surface area contributed by atoms with Crippen molar-refractivity contribution in [2.24, 2.45) is 0 Å². The maximum atomic E-state index is 12.3. The summed E-state index contributed by atoms with van der Waals surface area (Å²) in [7, 11) is 0. The van der Waals surface area contributed by atoms with Crippen LogP contribution in [0.5, 0.6) is 5.75 Å². The van der Waals surface area contributed by atoms with E-state index < -0.39 is 6.10 Å². The Morgan fingerprint density at radius 1 is 1.20 bits per heavy atom. The first-order valence-electron chi connectivity index (χ1n) is 7.55. The third-order valence-corrected chi connectivity index (χ3v) is 3.86. The Bertz CT molecular complexity index is 476. The molecule has 1 heterocycles. The van der Waals surface area contributed by atoms with E-state index in [-0.39, 0.29) is 5.91 Å². The van der Waals surface area contributed by atoms with Gasteiger partial charge in [0.1, 0.15) is 5.75 Å². The number of carbonyl (C=O) groups excluding carboxylic acids is 1. The monoisotopic (exact) mass is 275 g/mol. The highest BCUT2D eigenvalue weighted by Crippen LogP contribution is 2.28. The lowest BCUT2D eigenvalue weighted by Gasteiger charge is -2.23. The molecule has 20 heavy (non-hydrogen) atoms. The van der Waals surface area contributed by atoms with Gasteiger partial charge in [-0.05, 0) is 49.8 Å². The minimum Gasteiger partial charge on any atom is -0.481 e. The zero-order valence-corrected chi connectivity index (χ0v) is 13.0. The highest BCUT2D eigenvalue weighted by molar-refractivity contribution is 5.81. The number of rotatable bonds is 4. The molecule has 1 fully saturated rings. The van der Waals surface area contributed by atoms with E-state index in [1.54, 1.807) is 0 Å². The lowest BCUT2D eigenvalue weighted by molar-refractivity contribution is -0.136. The highest BCUT2D eigenvalue weighted by Gasteiger charge is 2.25. The number of benzene rings is 1. The second-order valence-corrected chi connectivity index (χ2v) is 5.99. The molecule has 0 aliphatic carbocycles. The number of amides is 1. The average Bonchev–Trinajstić information content (AvgIpc) is 2.91. The molecule has 110 valence electrons. The Kier molecular flexibility index (Phi) is 4.69. The van der Waals surface area contributed by atoms with Gasteiger partial charge in [0.2, 0.25) is 0 Å². The van der Waals surface area contributed by atoms with Crippen LogP contribution in [0.25, 0.3) is 0 Å². The van der Waals surface area contributed by atoms with E-state index in [9.17, 15) is 4.79 Å².